The van der Waals surface area contributed by atoms with Crippen molar-refractivity contribution >= 4 is 29.3 Å². The summed E-state index contributed by atoms with van der Waals surface area (Å²) in [6, 6.07) is 21.1. The lowest BCUT2D eigenvalue weighted by Gasteiger charge is -2.12. The number of hydrogen-bond acceptors (Lipinski definition) is 5. The fraction of sp³-hybridized carbons (Fsp3) is 0.154. The number of non-ortho nitro benzene ring substituents is 1. The molecule has 174 valence electrons. The van der Waals surface area contributed by atoms with E-state index in [1.807, 2.05) is 6.07 Å². The van der Waals surface area contributed by atoms with Crippen molar-refractivity contribution in [1.29, 1.82) is 0 Å². The first-order chi connectivity index (χ1) is 16.5. The summed E-state index contributed by atoms with van der Waals surface area (Å²) in [5, 5.41) is 16.3. The van der Waals surface area contributed by atoms with Gasteiger partial charge in [-0.05, 0) is 66.6 Å². The highest BCUT2D eigenvalue weighted by molar-refractivity contribution is 6.10. The van der Waals surface area contributed by atoms with E-state index in [0.717, 1.165) is 12.8 Å². The fourth-order valence-electron chi connectivity index (χ4n) is 2.97. The fourth-order valence-corrected chi connectivity index (χ4v) is 2.97. The second-order valence-corrected chi connectivity index (χ2v) is 7.41. The number of unbranched alkanes of at least 4 members (excludes halogenated alkanes) is 1. The average Bonchev–Trinajstić information content (AvgIpc) is 2.85. The van der Waals surface area contributed by atoms with Gasteiger partial charge >= 0.3 is 0 Å². The number of nitro benzene ring substituents is 1. The summed E-state index contributed by atoms with van der Waals surface area (Å²) < 4.78 is 5.62. The minimum atomic E-state index is -0.530. The van der Waals surface area contributed by atoms with Gasteiger partial charge in [-0.2, -0.15) is 0 Å². The van der Waals surface area contributed by atoms with E-state index in [0.29, 0.717) is 29.2 Å². The molecule has 0 saturated heterocycles. The second-order valence-electron chi connectivity index (χ2n) is 7.41. The van der Waals surface area contributed by atoms with Gasteiger partial charge < -0.3 is 15.4 Å². The number of amides is 2. The molecule has 0 aromatic heterocycles. The molecule has 0 unspecified atom stereocenters. The van der Waals surface area contributed by atoms with E-state index in [1.165, 1.54) is 30.3 Å². The number of carbonyl (C=O) groups excluding carboxylic acids is 2. The number of nitrogens with zero attached hydrogens (tertiary/aromatic N) is 1. The molecule has 0 radical (unpaired) electrons. The highest BCUT2D eigenvalue weighted by Crippen LogP contribution is 2.17. The van der Waals surface area contributed by atoms with Crippen LogP contribution in [0, 0.1) is 10.1 Å². The van der Waals surface area contributed by atoms with E-state index >= 15 is 0 Å². The van der Waals surface area contributed by atoms with Crippen LogP contribution in [0.3, 0.4) is 0 Å². The quantitative estimate of drug-likeness (QED) is 0.188. The Morgan fingerprint density at radius 3 is 2.26 bits per heavy atom. The van der Waals surface area contributed by atoms with E-state index in [-0.39, 0.29) is 11.4 Å². The zero-order valence-corrected chi connectivity index (χ0v) is 18.7. The van der Waals surface area contributed by atoms with Crippen LogP contribution in [0.4, 0.5) is 11.4 Å². The van der Waals surface area contributed by atoms with E-state index in [9.17, 15) is 19.7 Å². The number of ether oxygens (including phenoxy) is 1. The molecule has 8 nitrogen and oxygen atoms in total. The number of anilines is 1. The van der Waals surface area contributed by atoms with Crippen molar-refractivity contribution in [1.82, 2.24) is 5.32 Å². The van der Waals surface area contributed by atoms with Crippen molar-refractivity contribution in [3.05, 3.63) is 106 Å². The number of hydrogen-bond donors (Lipinski definition) is 2. The lowest BCUT2D eigenvalue weighted by molar-refractivity contribution is -0.384. The summed E-state index contributed by atoms with van der Waals surface area (Å²) in [7, 11) is 0. The third-order valence-corrected chi connectivity index (χ3v) is 4.82. The molecule has 34 heavy (non-hydrogen) atoms. The molecule has 3 aromatic rings. The van der Waals surface area contributed by atoms with Gasteiger partial charge in [-0.3, -0.25) is 19.7 Å². The number of para-hydroxylation sites is 1. The molecule has 0 aliphatic heterocycles. The van der Waals surface area contributed by atoms with Gasteiger partial charge in [-0.25, -0.2) is 0 Å². The zero-order chi connectivity index (χ0) is 24.3. The predicted molar refractivity (Wildman–Crippen MR) is 130 cm³/mol. The number of nitro groups is 1. The summed E-state index contributed by atoms with van der Waals surface area (Å²) >= 11 is 0. The van der Waals surface area contributed by atoms with Crippen molar-refractivity contribution in [2.75, 3.05) is 11.9 Å². The maximum absolute atomic E-state index is 12.9. The summed E-state index contributed by atoms with van der Waals surface area (Å²) in [6.07, 6.45) is 3.42. The average molecular weight is 460 g/mol. The Kier molecular flexibility index (Phi) is 8.51. The minimum Gasteiger partial charge on any atom is -0.494 e. The van der Waals surface area contributed by atoms with Crippen molar-refractivity contribution in [3.63, 3.8) is 0 Å². The lowest BCUT2D eigenvalue weighted by Crippen LogP contribution is -2.30. The van der Waals surface area contributed by atoms with Gasteiger partial charge in [0.15, 0.2) is 0 Å². The molecule has 0 bridgehead atoms. The van der Waals surface area contributed by atoms with Gasteiger partial charge in [-0.1, -0.05) is 31.5 Å². The molecule has 0 aliphatic rings. The number of benzene rings is 3. The lowest BCUT2D eigenvalue weighted by atomic mass is 10.1. The van der Waals surface area contributed by atoms with Crippen LogP contribution in [0.25, 0.3) is 6.08 Å². The smallest absolute Gasteiger partial charge is 0.272 e. The van der Waals surface area contributed by atoms with Crippen LogP contribution in [0.5, 0.6) is 5.75 Å². The Morgan fingerprint density at radius 2 is 1.65 bits per heavy atom. The van der Waals surface area contributed by atoms with E-state index in [4.69, 9.17) is 4.74 Å². The molecule has 2 N–H and O–H groups in total. The molecule has 2 amide bonds. The van der Waals surface area contributed by atoms with Crippen LogP contribution >= 0.6 is 0 Å². The molecule has 0 fully saturated rings. The highest BCUT2D eigenvalue weighted by Gasteiger charge is 2.16. The molecule has 0 saturated carbocycles. The first-order valence-electron chi connectivity index (χ1n) is 10.8. The van der Waals surface area contributed by atoms with E-state index in [2.05, 4.69) is 17.6 Å². The zero-order valence-electron chi connectivity index (χ0n) is 18.7. The number of rotatable bonds is 10. The third-order valence-electron chi connectivity index (χ3n) is 4.82. The second kappa shape index (κ2) is 12.0. The molecule has 0 heterocycles. The highest BCUT2D eigenvalue weighted by atomic mass is 16.6. The SMILES string of the molecule is CCCCOc1ccc(C(=O)N/C(=C/c2ccc([N+](=O)[O-])cc2)C(=O)Nc2ccccc2)cc1. The number of carbonyl (C=O) groups is 2. The Balaban J connectivity index is 1.80. The van der Waals surface area contributed by atoms with E-state index in [1.54, 1.807) is 48.5 Å². The van der Waals surface area contributed by atoms with Gasteiger partial charge in [0.05, 0.1) is 11.5 Å². The summed E-state index contributed by atoms with van der Waals surface area (Å²) in [5.41, 5.74) is 1.35. The van der Waals surface area contributed by atoms with Crippen molar-refractivity contribution in [2.45, 2.75) is 19.8 Å². The molecule has 0 aliphatic carbocycles. The van der Waals surface area contributed by atoms with Crippen LogP contribution < -0.4 is 15.4 Å². The van der Waals surface area contributed by atoms with Crippen molar-refractivity contribution in [3.8, 4) is 5.75 Å². The Hall–Kier alpha value is -4.46. The van der Waals surface area contributed by atoms with Crippen molar-refractivity contribution < 1.29 is 19.2 Å². The summed E-state index contributed by atoms with van der Waals surface area (Å²) in [4.78, 5) is 36.2. The predicted octanol–water partition coefficient (Wildman–Crippen LogP) is 5.18. The molecule has 0 atom stereocenters. The topological polar surface area (TPSA) is 111 Å². The molecule has 0 spiro atoms. The monoisotopic (exact) mass is 459 g/mol. The van der Waals surface area contributed by atoms with Crippen molar-refractivity contribution in [2.24, 2.45) is 0 Å². The van der Waals surface area contributed by atoms with Crippen LogP contribution in [-0.4, -0.2) is 23.3 Å². The van der Waals surface area contributed by atoms with Gasteiger partial charge in [0, 0.05) is 23.4 Å². The molecular weight excluding hydrogens is 434 g/mol. The first-order valence-corrected chi connectivity index (χ1v) is 10.8. The minimum absolute atomic E-state index is 0.00835. The van der Waals surface area contributed by atoms with Gasteiger partial charge in [0.2, 0.25) is 0 Å². The normalized spacial score (nSPS) is 10.9. The summed E-state index contributed by atoms with van der Waals surface area (Å²) in [5.74, 6) is -0.345. The van der Waals surface area contributed by atoms with Crippen LogP contribution in [0.15, 0.2) is 84.6 Å². The Morgan fingerprint density at radius 1 is 0.971 bits per heavy atom. The van der Waals surface area contributed by atoms with Gasteiger partial charge in [0.1, 0.15) is 11.4 Å². The Labute approximate surface area is 197 Å². The maximum Gasteiger partial charge on any atom is 0.272 e. The van der Waals surface area contributed by atoms with E-state index < -0.39 is 16.7 Å². The Bertz CT molecular complexity index is 1160. The van der Waals surface area contributed by atoms with Crippen LogP contribution in [0.2, 0.25) is 0 Å². The standard InChI is InChI=1S/C26H25N3O5/c1-2-3-17-34-23-15-11-20(12-16-23)25(30)28-24(26(31)27-21-7-5-4-6-8-21)18-19-9-13-22(14-10-19)29(32)33/h4-16,18H,2-3,17H2,1H3,(H,27,31)(H,28,30)/b24-18+. The maximum atomic E-state index is 12.9. The summed E-state index contributed by atoms with van der Waals surface area (Å²) in [6.45, 7) is 2.68. The molecule has 8 heteroatoms. The number of nitrogens with one attached hydrogen (secondary N) is 2. The molecule has 3 aromatic carbocycles. The van der Waals surface area contributed by atoms with Gasteiger partial charge in [0.25, 0.3) is 17.5 Å². The molecule has 3 rings (SSSR count). The first kappa shape index (κ1) is 24.2. The largest absolute Gasteiger partial charge is 0.494 e. The molecular formula is C26H25N3O5. The van der Waals surface area contributed by atoms with Crippen LogP contribution in [0.1, 0.15) is 35.7 Å². The van der Waals surface area contributed by atoms with Gasteiger partial charge in [-0.15, -0.1) is 0 Å². The third kappa shape index (κ3) is 7.03. The van der Waals surface area contributed by atoms with Crippen LogP contribution in [-0.2, 0) is 4.79 Å².